The molecule has 1 heterocycles. The summed E-state index contributed by atoms with van der Waals surface area (Å²) in [5, 5.41) is 1.25. The molecule has 0 aliphatic heterocycles. The van der Waals surface area contributed by atoms with Gasteiger partial charge in [-0.15, -0.1) is 11.3 Å². The molecule has 0 spiro atoms. The fourth-order valence-electron chi connectivity index (χ4n) is 2.05. The highest BCUT2D eigenvalue weighted by Gasteiger charge is 2.20. The summed E-state index contributed by atoms with van der Waals surface area (Å²) in [5.74, 6) is 0.839. The number of aromatic nitrogens is 1. The van der Waals surface area contributed by atoms with Gasteiger partial charge >= 0.3 is 0 Å². The summed E-state index contributed by atoms with van der Waals surface area (Å²) < 4.78 is 0. The highest BCUT2D eigenvalue weighted by atomic mass is 32.1. The fourth-order valence-corrected chi connectivity index (χ4v) is 3.42. The van der Waals surface area contributed by atoms with Gasteiger partial charge in [0.25, 0.3) is 0 Å². The molecule has 84 valence electrons. The minimum Gasteiger partial charge on any atom is -0.327 e. The number of fused-ring (bicyclic) bond motifs is 1. The Morgan fingerprint density at radius 2 is 2.40 bits per heavy atom. The highest BCUT2D eigenvalue weighted by Crippen LogP contribution is 2.30. The first-order valence-corrected chi connectivity index (χ1v) is 6.73. The summed E-state index contributed by atoms with van der Waals surface area (Å²) >= 11 is 1.89. The molecule has 1 aliphatic rings. The molecule has 2 unspecified atom stereocenters. The molecule has 0 saturated heterocycles. The van der Waals surface area contributed by atoms with Crippen LogP contribution in [0.2, 0.25) is 0 Å². The number of aryl methyl sites for hydroxylation is 1. The maximum atomic E-state index is 5.96. The Bertz CT molecular complexity index is 332. The van der Waals surface area contributed by atoms with E-state index in [2.05, 4.69) is 13.8 Å². The van der Waals surface area contributed by atoms with Gasteiger partial charge in [-0.3, -0.25) is 0 Å². The van der Waals surface area contributed by atoms with Crippen molar-refractivity contribution in [3.05, 3.63) is 15.6 Å². The van der Waals surface area contributed by atoms with Gasteiger partial charge in [-0.2, -0.15) is 0 Å². The van der Waals surface area contributed by atoms with E-state index >= 15 is 0 Å². The Morgan fingerprint density at radius 3 is 3.13 bits per heavy atom. The van der Waals surface area contributed by atoms with Crippen LogP contribution < -0.4 is 5.73 Å². The SMILES string of the molecule is CCC(N)Cc1nc2c(s1)CC(C)CC2. The van der Waals surface area contributed by atoms with Gasteiger partial charge in [0.15, 0.2) is 0 Å². The van der Waals surface area contributed by atoms with Crippen LogP contribution in [0.25, 0.3) is 0 Å². The molecule has 0 radical (unpaired) electrons. The monoisotopic (exact) mass is 224 g/mol. The summed E-state index contributed by atoms with van der Waals surface area (Å²) in [7, 11) is 0. The van der Waals surface area contributed by atoms with Crippen molar-refractivity contribution in [3.63, 3.8) is 0 Å². The first kappa shape index (κ1) is 11.1. The summed E-state index contributed by atoms with van der Waals surface area (Å²) in [4.78, 5) is 6.23. The largest absolute Gasteiger partial charge is 0.327 e. The fraction of sp³-hybridized carbons (Fsp3) is 0.750. The van der Waals surface area contributed by atoms with Crippen LogP contribution in [-0.2, 0) is 19.3 Å². The lowest BCUT2D eigenvalue weighted by Crippen LogP contribution is -2.21. The summed E-state index contributed by atoms with van der Waals surface area (Å²) in [6.07, 6.45) is 5.71. The van der Waals surface area contributed by atoms with Crippen molar-refractivity contribution in [2.45, 2.75) is 52.0 Å². The standard InChI is InChI=1S/C12H20N2S/c1-3-9(13)7-12-14-10-5-4-8(2)6-11(10)15-12/h8-9H,3-7,13H2,1-2H3. The Labute approximate surface area is 95.9 Å². The quantitative estimate of drug-likeness (QED) is 0.857. The zero-order chi connectivity index (χ0) is 10.8. The topological polar surface area (TPSA) is 38.9 Å². The van der Waals surface area contributed by atoms with E-state index in [1.54, 1.807) is 0 Å². The van der Waals surface area contributed by atoms with E-state index in [9.17, 15) is 0 Å². The van der Waals surface area contributed by atoms with E-state index in [0.717, 1.165) is 18.8 Å². The number of hydrogen-bond acceptors (Lipinski definition) is 3. The van der Waals surface area contributed by atoms with Crippen molar-refractivity contribution >= 4 is 11.3 Å². The molecule has 1 aromatic heterocycles. The average Bonchev–Trinajstić information content (AvgIpc) is 2.59. The second kappa shape index (κ2) is 4.62. The lowest BCUT2D eigenvalue weighted by molar-refractivity contribution is 0.501. The first-order chi connectivity index (χ1) is 7.19. The van der Waals surface area contributed by atoms with Gasteiger partial charge in [0, 0.05) is 17.3 Å². The van der Waals surface area contributed by atoms with Crippen molar-refractivity contribution in [2.24, 2.45) is 11.7 Å². The van der Waals surface area contributed by atoms with E-state index < -0.39 is 0 Å². The van der Waals surface area contributed by atoms with Crippen LogP contribution in [0.1, 0.15) is 42.3 Å². The molecule has 0 aromatic carbocycles. The third-order valence-electron chi connectivity index (χ3n) is 3.19. The summed E-state index contributed by atoms with van der Waals surface area (Å²) in [6, 6.07) is 0.287. The normalized spacial score (nSPS) is 22.5. The number of nitrogens with two attached hydrogens (primary N) is 1. The molecular formula is C12H20N2S. The highest BCUT2D eigenvalue weighted by molar-refractivity contribution is 7.11. The third kappa shape index (κ3) is 2.58. The van der Waals surface area contributed by atoms with E-state index in [1.165, 1.54) is 34.8 Å². The van der Waals surface area contributed by atoms with E-state index in [-0.39, 0.29) is 6.04 Å². The van der Waals surface area contributed by atoms with Gasteiger partial charge in [-0.25, -0.2) is 4.98 Å². The first-order valence-electron chi connectivity index (χ1n) is 5.92. The minimum absolute atomic E-state index is 0.287. The molecule has 0 amide bonds. The van der Waals surface area contributed by atoms with E-state index in [4.69, 9.17) is 10.7 Å². The number of hydrogen-bond donors (Lipinski definition) is 1. The van der Waals surface area contributed by atoms with Crippen LogP contribution in [0.15, 0.2) is 0 Å². The van der Waals surface area contributed by atoms with Crippen molar-refractivity contribution in [3.8, 4) is 0 Å². The molecule has 2 N–H and O–H groups in total. The van der Waals surface area contributed by atoms with Crippen molar-refractivity contribution in [1.29, 1.82) is 0 Å². The maximum absolute atomic E-state index is 5.96. The molecule has 0 fully saturated rings. The molecule has 15 heavy (non-hydrogen) atoms. The molecule has 3 heteroatoms. The van der Waals surface area contributed by atoms with Crippen molar-refractivity contribution in [1.82, 2.24) is 4.98 Å². The number of nitrogens with zero attached hydrogens (tertiary/aromatic N) is 1. The van der Waals surface area contributed by atoms with Crippen LogP contribution >= 0.6 is 11.3 Å². The van der Waals surface area contributed by atoms with Gasteiger partial charge < -0.3 is 5.73 Å². The van der Waals surface area contributed by atoms with Gasteiger partial charge in [0.1, 0.15) is 0 Å². The molecule has 0 bridgehead atoms. The van der Waals surface area contributed by atoms with E-state index in [1.807, 2.05) is 11.3 Å². The molecule has 2 atom stereocenters. The Kier molecular flexibility index (Phi) is 3.42. The Hall–Kier alpha value is -0.410. The molecule has 0 saturated carbocycles. The zero-order valence-corrected chi connectivity index (χ0v) is 10.4. The predicted octanol–water partition coefficient (Wildman–Crippen LogP) is 2.55. The molecule has 1 aliphatic carbocycles. The zero-order valence-electron chi connectivity index (χ0n) is 9.62. The van der Waals surface area contributed by atoms with Crippen LogP contribution in [0, 0.1) is 5.92 Å². The minimum atomic E-state index is 0.287. The second-order valence-electron chi connectivity index (χ2n) is 4.70. The molecule has 2 rings (SSSR count). The van der Waals surface area contributed by atoms with Crippen LogP contribution in [0.5, 0.6) is 0 Å². The Balaban J connectivity index is 2.09. The molecule has 2 nitrogen and oxygen atoms in total. The average molecular weight is 224 g/mol. The van der Waals surface area contributed by atoms with Crippen molar-refractivity contribution < 1.29 is 0 Å². The lowest BCUT2D eigenvalue weighted by Gasteiger charge is -2.15. The third-order valence-corrected chi connectivity index (χ3v) is 4.33. The van der Waals surface area contributed by atoms with Gasteiger partial charge in [0.2, 0.25) is 0 Å². The van der Waals surface area contributed by atoms with Crippen molar-refractivity contribution in [2.75, 3.05) is 0 Å². The smallest absolute Gasteiger partial charge is 0.0946 e. The second-order valence-corrected chi connectivity index (χ2v) is 5.87. The van der Waals surface area contributed by atoms with Crippen LogP contribution in [0.4, 0.5) is 0 Å². The van der Waals surface area contributed by atoms with Gasteiger partial charge in [-0.1, -0.05) is 13.8 Å². The van der Waals surface area contributed by atoms with E-state index in [0.29, 0.717) is 0 Å². The molecular weight excluding hydrogens is 204 g/mol. The maximum Gasteiger partial charge on any atom is 0.0946 e. The molecule has 1 aromatic rings. The lowest BCUT2D eigenvalue weighted by atomic mass is 9.93. The number of rotatable bonds is 3. The summed E-state index contributed by atoms with van der Waals surface area (Å²) in [6.45, 7) is 4.47. The Morgan fingerprint density at radius 1 is 1.60 bits per heavy atom. The van der Waals surface area contributed by atoms with Crippen LogP contribution in [-0.4, -0.2) is 11.0 Å². The summed E-state index contributed by atoms with van der Waals surface area (Å²) in [5.41, 5.74) is 7.31. The predicted molar refractivity (Wildman–Crippen MR) is 65.3 cm³/mol. The van der Waals surface area contributed by atoms with Gasteiger partial charge in [-0.05, 0) is 31.6 Å². The number of thiazole rings is 1. The van der Waals surface area contributed by atoms with Crippen LogP contribution in [0.3, 0.4) is 0 Å². The van der Waals surface area contributed by atoms with Gasteiger partial charge in [0.05, 0.1) is 10.7 Å².